The van der Waals surface area contributed by atoms with Crippen molar-refractivity contribution in [3.8, 4) is 0 Å². The molecule has 1 unspecified atom stereocenters. The molecule has 1 amide bonds. The molecule has 2 aromatic carbocycles. The Bertz CT molecular complexity index is 913. The Morgan fingerprint density at radius 1 is 1.19 bits per heavy atom. The average Bonchev–Trinajstić information content (AvgIpc) is 2.95. The van der Waals surface area contributed by atoms with Crippen LogP contribution < -0.4 is 4.90 Å². The molecule has 0 fully saturated rings. The molecule has 3 rings (SSSR count). The van der Waals surface area contributed by atoms with Gasteiger partial charge in [-0.15, -0.1) is 0 Å². The highest BCUT2D eigenvalue weighted by Crippen LogP contribution is 2.32. The number of benzene rings is 2. The first-order valence-corrected chi connectivity index (χ1v) is 10.7. The molecule has 26 heavy (non-hydrogen) atoms. The predicted octanol–water partition coefficient (Wildman–Crippen LogP) is 3.44. The van der Waals surface area contributed by atoms with Crippen molar-refractivity contribution in [2.75, 3.05) is 18.0 Å². The minimum absolute atomic E-state index is 0.0222. The third kappa shape index (κ3) is 3.56. The molecule has 1 heterocycles. The summed E-state index contributed by atoms with van der Waals surface area (Å²) in [6, 6.07) is 14.2. The van der Waals surface area contributed by atoms with Crippen LogP contribution in [0.2, 0.25) is 0 Å². The molecule has 0 saturated carbocycles. The first-order valence-electron chi connectivity index (χ1n) is 8.50. The smallest absolute Gasteiger partial charge is 0.243 e. The predicted molar refractivity (Wildman–Crippen MR) is 106 cm³/mol. The molecule has 138 valence electrons. The van der Waals surface area contributed by atoms with E-state index in [1.54, 1.807) is 36.1 Å². The summed E-state index contributed by atoms with van der Waals surface area (Å²) in [5, 5.41) is 0. The summed E-state index contributed by atoms with van der Waals surface area (Å²) in [5.41, 5.74) is 1.99. The van der Waals surface area contributed by atoms with E-state index in [4.69, 9.17) is 0 Å². The van der Waals surface area contributed by atoms with Crippen LogP contribution >= 0.6 is 15.9 Å². The molecule has 0 saturated heterocycles. The molecule has 5 nitrogen and oxygen atoms in total. The molecule has 7 heteroatoms. The zero-order valence-electron chi connectivity index (χ0n) is 14.7. The molecule has 0 N–H and O–H groups in total. The monoisotopic (exact) mass is 436 g/mol. The van der Waals surface area contributed by atoms with E-state index in [0.717, 1.165) is 22.1 Å². The number of likely N-dealkylation sites (N-methyl/N-ethyl adjacent to an activating group) is 1. The number of carbonyl (C=O) groups excluding carboxylic acids is 1. The minimum Gasteiger partial charge on any atom is -0.308 e. The lowest BCUT2D eigenvalue weighted by Crippen LogP contribution is -2.45. The Morgan fingerprint density at radius 2 is 1.85 bits per heavy atom. The highest BCUT2D eigenvalue weighted by Gasteiger charge is 2.33. The quantitative estimate of drug-likeness (QED) is 0.720. The topological polar surface area (TPSA) is 57.7 Å². The molecule has 0 bridgehead atoms. The molecule has 0 aromatic heterocycles. The van der Waals surface area contributed by atoms with E-state index in [-0.39, 0.29) is 29.9 Å². The first-order chi connectivity index (χ1) is 12.3. The first kappa shape index (κ1) is 19.1. The standard InChI is InChI=1S/C19H21BrN2O3S/c1-3-21(26(24,25)17-10-8-16(20)9-11-17)13-19(23)22-14(2)12-15-6-4-5-7-18(15)22/h4-11,14H,3,12-13H2,1-2H3. The van der Waals surface area contributed by atoms with Gasteiger partial charge in [0.25, 0.3) is 0 Å². The van der Waals surface area contributed by atoms with Crippen LogP contribution in [0.15, 0.2) is 57.9 Å². The fourth-order valence-corrected chi connectivity index (χ4v) is 4.96. The highest BCUT2D eigenvalue weighted by atomic mass is 79.9. The van der Waals surface area contributed by atoms with Gasteiger partial charge in [-0.3, -0.25) is 4.79 Å². The average molecular weight is 437 g/mol. The maximum atomic E-state index is 12.9. The lowest BCUT2D eigenvalue weighted by molar-refractivity contribution is -0.119. The van der Waals surface area contributed by atoms with Crippen LogP contribution in [0.1, 0.15) is 19.4 Å². The van der Waals surface area contributed by atoms with Gasteiger partial charge in [0.2, 0.25) is 15.9 Å². The maximum Gasteiger partial charge on any atom is 0.243 e. The summed E-state index contributed by atoms with van der Waals surface area (Å²) in [5.74, 6) is -0.204. The van der Waals surface area contributed by atoms with Crippen LogP contribution in [-0.4, -0.2) is 37.8 Å². The molecule has 1 atom stereocenters. The van der Waals surface area contributed by atoms with E-state index < -0.39 is 10.0 Å². The summed E-state index contributed by atoms with van der Waals surface area (Å²) in [6.07, 6.45) is 0.785. The van der Waals surface area contributed by atoms with Crippen molar-refractivity contribution < 1.29 is 13.2 Å². The molecule has 0 aliphatic carbocycles. The number of hydrogen-bond acceptors (Lipinski definition) is 3. The highest BCUT2D eigenvalue weighted by molar-refractivity contribution is 9.10. The Morgan fingerprint density at radius 3 is 2.50 bits per heavy atom. The molecular formula is C19H21BrN2O3S. The number of sulfonamides is 1. The largest absolute Gasteiger partial charge is 0.308 e. The number of carbonyl (C=O) groups is 1. The van der Waals surface area contributed by atoms with E-state index in [2.05, 4.69) is 15.9 Å². The lowest BCUT2D eigenvalue weighted by Gasteiger charge is -2.27. The summed E-state index contributed by atoms with van der Waals surface area (Å²) < 4.78 is 27.8. The van der Waals surface area contributed by atoms with Crippen LogP contribution in [0.25, 0.3) is 0 Å². The van der Waals surface area contributed by atoms with Crippen molar-refractivity contribution in [3.05, 3.63) is 58.6 Å². The van der Waals surface area contributed by atoms with Crippen molar-refractivity contribution in [1.82, 2.24) is 4.31 Å². The maximum absolute atomic E-state index is 12.9. The summed E-state index contributed by atoms with van der Waals surface area (Å²) >= 11 is 3.30. The van der Waals surface area contributed by atoms with Crippen molar-refractivity contribution in [2.24, 2.45) is 0 Å². The molecule has 0 spiro atoms. The van der Waals surface area contributed by atoms with Crippen molar-refractivity contribution in [1.29, 1.82) is 0 Å². The number of nitrogens with zero attached hydrogens (tertiary/aromatic N) is 2. The number of para-hydroxylation sites is 1. The van der Waals surface area contributed by atoms with Crippen LogP contribution in [0.4, 0.5) is 5.69 Å². The van der Waals surface area contributed by atoms with E-state index in [1.807, 2.05) is 31.2 Å². The van der Waals surface area contributed by atoms with Crippen molar-refractivity contribution >= 4 is 37.5 Å². The number of hydrogen-bond donors (Lipinski definition) is 0. The van der Waals surface area contributed by atoms with Gasteiger partial charge >= 0.3 is 0 Å². The number of fused-ring (bicyclic) bond motifs is 1. The summed E-state index contributed by atoms with van der Waals surface area (Å²) in [4.78, 5) is 14.8. The van der Waals surface area contributed by atoms with Crippen LogP contribution in [-0.2, 0) is 21.2 Å². The molecule has 1 aliphatic heterocycles. The molecule has 1 aliphatic rings. The Labute approximate surface area is 162 Å². The van der Waals surface area contributed by atoms with Gasteiger partial charge in [-0.1, -0.05) is 41.1 Å². The number of anilines is 1. The van der Waals surface area contributed by atoms with E-state index in [1.165, 1.54) is 4.31 Å². The molecule has 0 radical (unpaired) electrons. The normalized spacial score (nSPS) is 16.8. The van der Waals surface area contributed by atoms with Gasteiger partial charge in [-0.05, 0) is 49.2 Å². The van der Waals surface area contributed by atoms with Gasteiger partial charge in [0.15, 0.2) is 0 Å². The van der Waals surface area contributed by atoms with Gasteiger partial charge < -0.3 is 4.90 Å². The molecular weight excluding hydrogens is 416 g/mol. The van der Waals surface area contributed by atoms with Crippen molar-refractivity contribution in [2.45, 2.75) is 31.2 Å². The van der Waals surface area contributed by atoms with Crippen LogP contribution in [0.5, 0.6) is 0 Å². The summed E-state index contributed by atoms with van der Waals surface area (Å²) in [7, 11) is -3.72. The second kappa shape index (κ2) is 7.50. The Balaban J connectivity index is 1.84. The lowest BCUT2D eigenvalue weighted by atomic mass is 10.1. The number of rotatable bonds is 5. The zero-order chi connectivity index (χ0) is 18.9. The van der Waals surface area contributed by atoms with E-state index in [9.17, 15) is 13.2 Å². The van der Waals surface area contributed by atoms with Gasteiger partial charge in [-0.25, -0.2) is 8.42 Å². The zero-order valence-corrected chi connectivity index (χ0v) is 17.1. The van der Waals surface area contributed by atoms with Crippen molar-refractivity contribution in [3.63, 3.8) is 0 Å². The fourth-order valence-electron chi connectivity index (χ4n) is 3.30. The Hall–Kier alpha value is -1.70. The SMILES string of the molecule is CCN(CC(=O)N1c2ccccc2CC1C)S(=O)(=O)c1ccc(Br)cc1. The number of halogens is 1. The third-order valence-electron chi connectivity index (χ3n) is 4.59. The van der Waals surface area contributed by atoms with Crippen LogP contribution in [0.3, 0.4) is 0 Å². The van der Waals surface area contributed by atoms with Gasteiger partial charge in [0.05, 0.1) is 11.4 Å². The van der Waals surface area contributed by atoms with E-state index in [0.29, 0.717) is 0 Å². The van der Waals surface area contributed by atoms with E-state index >= 15 is 0 Å². The Kier molecular flexibility index (Phi) is 5.50. The summed E-state index contributed by atoms with van der Waals surface area (Å²) in [6.45, 7) is 3.78. The van der Waals surface area contributed by atoms with Gasteiger partial charge in [-0.2, -0.15) is 4.31 Å². The van der Waals surface area contributed by atoms with Crippen LogP contribution in [0, 0.1) is 0 Å². The third-order valence-corrected chi connectivity index (χ3v) is 7.06. The van der Waals surface area contributed by atoms with Gasteiger partial charge in [0, 0.05) is 22.7 Å². The number of amides is 1. The minimum atomic E-state index is -3.72. The molecule has 2 aromatic rings. The second-order valence-corrected chi connectivity index (χ2v) is 9.18. The van der Waals surface area contributed by atoms with Gasteiger partial charge in [0.1, 0.15) is 0 Å². The second-order valence-electron chi connectivity index (χ2n) is 6.33. The fraction of sp³-hybridized carbons (Fsp3) is 0.316.